The van der Waals surface area contributed by atoms with Gasteiger partial charge in [0, 0.05) is 25.6 Å². The van der Waals surface area contributed by atoms with E-state index in [0.717, 1.165) is 12.7 Å². The topological polar surface area (TPSA) is 98.8 Å². The van der Waals surface area contributed by atoms with Crippen molar-refractivity contribution in [1.82, 2.24) is 20.4 Å². The van der Waals surface area contributed by atoms with Crippen molar-refractivity contribution in [2.45, 2.75) is 70.6 Å². The van der Waals surface area contributed by atoms with Crippen molar-refractivity contribution in [3.05, 3.63) is 0 Å². The molecule has 2 aliphatic heterocycles. The maximum Gasteiger partial charge on any atom is 0.247 e. The third-order valence-corrected chi connectivity index (χ3v) is 5.47. The molecule has 2 N–H and O–H groups in total. The second-order valence-electron chi connectivity index (χ2n) is 7.98. The summed E-state index contributed by atoms with van der Waals surface area (Å²) in [5.41, 5.74) is 0. The molecule has 3 amide bonds. The van der Waals surface area contributed by atoms with Gasteiger partial charge in [-0.05, 0) is 39.2 Å². The lowest BCUT2D eigenvalue weighted by Crippen LogP contribution is -2.61. The fourth-order valence-electron chi connectivity index (χ4n) is 3.79. The van der Waals surface area contributed by atoms with Crippen LogP contribution >= 0.6 is 0 Å². The molecule has 8 heteroatoms. The second-order valence-corrected chi connectivity index (χ2v) is 7.98. The Bertz CT molecular complexity index is 580. The van der Waals surface area contributed by atoms with Crippen LogP contribution < -0.4 is 10.6 Å². The van der Waals surface area contributed by atoms with E-state index >= 15 is 0 Å². The van der Waals surface area contributed by atoms with Gasteiger partial charge >= 0.3 is 0 Å². The van der Waals surface area contributed by atoms with Crippen LogP contribution in [0.4, 0.5) is 0 Å². The molecule has 4 atom stereocenters. The number of fused-ring (bicyclic) bond motifs is 1. The van der Waals surface area contributed by atoms with Crippen LogP contribution in [-0.4, -0.2) is 78.1 Å². The molecule has 2 heterocycles. The molecule has 0 saturated carbocycles. The highest BCUT2D eigenvalue weighted by Crippen LogP contribution is 2.28. The maximum absolute atomic E-state index is 13.2. The Morgan fingerprint density at radius 1 is 1.22 bits per heavy atom. The Balaban J connectivity index is 2.25. The molecular weight excluding hydrogens is 348 g/mol. The number of hydrogen-bond donors (Lipinski definition) is 2. The summed E-state index contributed by atoms with van der Waals surface area (Å²) in [6.45, 7) is 6.33. The number of carbonyl (C=O) groups is 4. The van der Waals surface area contributed by atoms with E-state index in [1.54, 1.807) is 23.8 Å². The Morgan fingerprint density at radius 3 is 2.52 bits per heavy atom. The van der Waals surface area contributed by atoms with Crippen molar-refractivity contribution in [3.8, 4) is 0 Å². The first-order chi connectivity index (χ1) is 12.8. The SMILES string of the molecule is CN[C@@H](C)C(=O)N[C@H]1CN(C(=O)CC(C)C)CC[C@H]2CC[C@@H](C=O)N2C1=O. The van der Waals surface area contributed by atoms with Gasteiger partial charge in [0.05, 0.1) is 12.1 Å². The molecular formula is C19H32N4O4. The minimum atomic E-state index is -0.840. The Kier molecular flexibility index (Phi) is 7.35. The number of amides is 3. The predicted octanol–water partition coefficient (Wildman–Crippen LogP) is -0.0840. The Hall–Kier alpha value is -1.96. The summed E-state index contributed by atoms with van der Waals surface area (Å²) < 4.78 is 0. The van der Waals surface area contributed by atoms with E-state index in [2.05, 4.69) is 10.6 Å². The van der Waals surface area contributed by atoms with Gasteiger partial charge < -0.3 is 25.2 Å². The minimum Gasteiger partial charge on any atom is -0.341 e. The molecule has 0 unspecified atom stereocenters. The third kappa shape index (κ3) is 5.06. The molecule has 2 saturated heterocycles. The molecule has 0 spiro atoms. The van der Waals surface area contributed by atoms with Crippen molar-refractivity contribution in [2.24, 2.45) is 5.92 Å². The summed E-state index contributed by atoms with van der Waals surface area (Å²) >= 11 is 0. The van der Waals surface area contributed by atoms with Crippen LogP contribution in [0, 0.1) is 5.92 Å². The maximum atomic E-state index is 13.2. The standard InChI is InChI=1S/C19H32N4O4/c1-12(2)9-17(25)22-8-7-14-5-6-15(11-24)23(14)19(27)16(10-22)21-18(26)13(3)20-4/h11-16,20H,5-10H2,1-4H3,(H,21,26)/t13-,14+,15-,16-/m0/s1. The number of nitrogens with zero attached hydrogens (tertiary/aromatic N) is 2. The van der Waals surface area contributed by atoms with Crippen LogP contribution in [-0.2, 0) is 19.2 Å². The predicted molar refractivity (Wildman–Crippen MR) is 101 cm³/mol. The van der Waals surface area contributed by atoms with E-state index in [9.17, 15) is 19.2 Å². The lowest BCUT2D eigenvalue weighted by molar-refractivity contribution is -0.145. The van der Waals surface area contributed by atoms with Crippen LogP contribution in [0.25, 0.3) is 0 Å². The van der Waals surface area contributed by atoms with E-state index in [0.29, 0.717) is 25.8 Å². The molecule has 0 radical (unpaired) electrons. The number of nitrogens with one attached hydrogen (secondary N) is 2. The van der Waals surface area contributed by atoms with Crippen LogP contribution in [0.2, 0.25) is 0 Å². The van der Waals surface area contributed by atoms with E-state index in [-0.39, 0.29) is 36.2 Å². The van der Waals surface area contributed by atoms with E-state index < -0.39 is 18.1 Å². The van der Waals surface area contributed by atoms with Gasteiger partial charge in [-0.15, -0.1) is 0 Å². The average Bonchev–Trinajstić information content (AvgIpc) is 3.03. The van der Waals surface area contributed by atoms with Crippen molar-refractivity contribution in [2.75, 3.05) is 20.1 Å². The van der Waals surface area contributed by atoms with E-state index in [1.165, 1.54) is 0 Å². The lowest BCUT2D eigenvalue weighted by Gasteiger charge is -2.38. The van der Waals surface area contributed by atoms with E-state index in [1.807, 2.05) is 13.8 Å². The molecule has 0 bridgehead atoms. The molecule has 0 aliphatic carbocycles. The largest absolute Gasteiger partial charge is 0.341 e. The zero-order chi connectivity index (χ0) is 20.1. The van der Waals surface area contributed by atoms with Crippen LogP contribution in [0.3, 0.4) is 0 Å². The van der Waals surface area contributed by atoms with Gasteiger partial charge in [0.1, 0.15) is 12.3 Å². The first-order valence-corrected chi connectivity index (χ1v) is 9.81. The summed E-state index contributed by atoms with van der Waals surface area (Å²) in [5.74, 6) is -0.352. The van der Waals surface area contributed by atoms with Gasteiger partial charge in [-0.25, -0.2) is 0 Å². The fraction of sp³-hybridized carbons (Fsp3) is 0.789. The quantitative estimate of drug-likeness (QED) is 0.628. The van der Waals surface area contributed by atoms with Crippen LogP contribution in [0.5, 0.6) is 0 Å². The van der Waals surface area contributed by atoms with Crippen molar-refractivity contribution < 1.29 is 19.2 Å². The second kappa shape index (κ2) is 9.30. The zero-order valence-corrected chi connectivity index (χ0v) is 16.7. The summed E-state index contributed by atoms with van der Waals surface area (Å²) in [5, 5.41) is 5.63. The normalized spacial score (nSPS) is 27.0. The zero-order valence-electron chi connectivity index (χ0n) is 16.7. The molecule has 2 fully saturated rings. The molecule has 0 aromatic heterocycles. The molecule has 2 aliphatic rings. The van der Waals surface area contributed by atoms with Gasteiger partial charge in [-0.1, -0.05) is 13.8 Å². The summed E-state index contributed by atoms with van der Waals surface area (Å²) in [6.07, 6.45) is 3.26. The first-order valence-electron chi connectivity index (χ1n) is 9.81. The van der Waals surface area contributed by atoms with Gasteiger partial charge in [0.25, 0.3) is 0 Å². The number of hydrogen-bond acceptors (Lipinski definition) is 5. The van der Waals surface area contributed by atoms with Crippen molar-refractivity contribution >= 4 is 24.0 Å². The monoisotopic (exact) mass is 380 g/mol. The third-order valence-electron chi connectivity index (χ3n) is 5.47. The number of rotatable bonds is 6. The number of likely N-dealkylation sites (N-methyl/N-ethyl adjacent to an activating group) is 1. The molecule has 0 aromatic carbocycles. The Labute approximate surface area is 161 Å². The highest BCUT2D eigenvalue weighted by atomic mass is 16.2. The number of carbonyl (C=O) groups excluding carboxylic acids is 4. The lowest BCUT2D eigenvalue weighted by atomic mass is 10.0. The van der Waals surface area contributed by atoms with Crippen molar-refractivity contribution in [3.63, 3.8) is 0 Å². The molecule has 27 heavy (non-hydrogen) atoms. The highest BCUT2D eigenvalue weighted by molar-refractivity contribution is 5.92. The highest BCUT2D eigenvalue weighted by Gasteiger charge is 2.42. The van der Waals surface area contributed by atoms with Gasteiger partial charge in [-0.2, -0.15) is 0 Å². The Morgan fingerprint density at radius 2 is 1.93 bits per heavy atom. The molecule has 2 rings (SSSR count). The smallest absolute Gasteiger partial charge is 0.247 e. The first kappa shape index (κ1) is 21.3. The van der Waals surface area contributed by atoms with Crippen molar-refractivity contribution in [1.29, 1.82) is 0 Å². The molecule has 8 nitrogen and oxygen atoms in total. The number of aldehydes is 1. The summed E-state index contributed by atoms with van der Waals surface area (Å²) in [4.78, 5) is 52.9. The molecule has 0 aromatic rings. The molecule has 152 valence electrons. The average molecular weight is 380 g/mol. The van der Waals surface area contributed by atoms with Crippen LogP contribution in [0.15, 0.2) is 0 Å². The minimum absolute atomic E-state index is 0.00269. The van der Waals surface area contributed by atoms with Gasteiger partial charge in [0.15, 0.2) is 0 Å². The van der Waals surface area contributed by atoms with Gasteiger partial charge in [0.2, 0.25) is 17.7 Å². The summed E-state index contributed by atoms with van der Waals surface area (Å²) in [7, 11) is 1.67. The van der Waals surface area contributed by atoms with Crippen LogP contribution in [0.1, 0.15) is 46.5 Å². The van der Waals surface area contributed by atoms with E-state index in [4.69, 9.17) is 0 Å². The fourth-order valence-corrected chi connectivity index (χ4v) is 3.79. The van der Waals surface area contributed by atoms with Gasteiger partial charge in [-0.3, -0.25) is 14.4 Å². The summed E-state index contributed by atoms with van der Waals surface area (Å²) in [6, 6.07) is -1.81.